The number of aliphatic hydroxyl groups is 1. The molecule has 0 aliphatic heterocycles. The molecule has 4 nitrogen and oxygen atoms in total. The predicted octanol–water partition coefficient (Wildman–Crippen LogP) is 0.214. The highest BCUT2D eigenvalue weighted by atomic mass is 16.5. The van der Waals surface area contributed by atoms with Crippen LogP contribution in [0.4, 0.5) is 0 Å². The van der Waals surface area contributed by atoms with E-state index in [2.05, 4.69) is 4.74 Å². The molecule has 62 valence electrons. The highest BCUT2D eigenvalue weighted by Gasteiger charge is 2.10. The van der Waals surface area contributed by atoms with Crippen molar-refractivity contribution < 1.29 is 14.6 Å². The SMILES string of the molecule is CCOC(=O)C[C@H](O)CC#N. The second kappa shape index (κ2) is 5.69. The lowest BCUT2D eigenvalue weighted by atomic mass is 10.2. The maximum atomic E-state index is 10.6. The molecule has 0 bridgehead atoms. The molecular weight excluding hydrogens is 146 g/mol. The van der Waals surface area contributed by atoms with Crippen molar-refractivity contribution in [2.45, 2.75) is 25.9 Å². The lowest BCUT2D eigenvalue weighted by molar-refractivity contribution is -0.145. The summed E-state index contributed by atoms with van der Waals surface area (Å²) in [6.07, 6.45) is -1.01. The summed E-state index contributed by atoms with van der Waals surface area (Å²) in [7, 11) is 0. The first-order chi connectivity index (χ1) is 5.20. The molecule has 0 aromatic rings. The van der Waals surface area contributed by atoms with Crippen molar-refractivity contribution in [1.29, 1.82) is 5.26 Å². The summed E-state index contributed by atoms with van der Waals surface area (Å²) in [5.74, 6) is -0.463. The van der Waals surface area contributed by atoms with Gasteiger partial charge in [-0.15, -0.1) is 0 Å². The van der Waals surface area contributed by atoms with Crippen LogP contribution in [0.3, 0.4) is 0 Å². The zero-order chi connectivity index (χ0) is 8.69. The molecule has 11 heavy (non-hydrogen) atoms. The van der Waals surface area contributed by atoms with E-state index in [0.717, 1.165) is 0 Å². The van der Waals surface area contributed by atoms with Crippen LogP contribution in [-0.2, 0) is 9.53 Å². The third kappa shape index (κ3) is 5.37. The van der Waals surface area contributed by atoms with Crippen LogP contribution in [0.2, 0.25) is 0 Å². The number of nitriles is 1. The normalized spacial score (nSPS) is 11.7. The highest BCUT2D eigenvalue weighted by molar-refractivity contribution is 5.69. The summed E-state index contributed by atoms with van der Waals surface area (Å²) in [4.78, 5) is 10.6. The van der Waals surface area contributed by atoms with Crippen molar-refractivity contribution in [3.63, 3.8) is 0 Å². The minimum absolute atomic E-state index is 0.0290. The van der Waals surface area contributed by atoms with Gasteiger partial charge in [0.25, 0.3) is 0 Å². The van der Waals surface area contributed by atoms with Gasteiger partial charge in [-0.05, 0) is 6.92 Å². The molecule has 1 N–H and O–H groups in total. The Hall–Kier alpha value is -1.08. The second-order valence-electron chi connectivity index (χ2n) is 2.03. The van der Waals surface area contributed by atoms with E-state index in [0.29, 0.717) is 6.61 Å². The van der Waals surface area contributed by atoms with Crippen molar-refractivity contribution in [2.75, 3.05) is 6.61 Å². The van der Waals surface area contributed by atoms with Crippen molar-refractivity contribution in [1.82, 2.24) is 0 Å². The molecular formula is C7H11NO3. The van der Waals surface area contributed by atoms with Gasteiger partial charge in [-0.2, -0.15) is 5.26 Å². The molecule has 0 radical (unpaired) electrons. The predicted molar refractivity (Wildman–Crippen MR) is 37.5 cm³/mol. The van der Waals surface area contributed by atoms with E-state index >= 15 is 0 Å². The fourth-order valence-corrected chi connectivity index (χ4v) is 0.590. The zero-order valence-electron chi connectivity index (χ0n) is 6.41. The van der Waals surface area contributed by atoms with E-state index in [-0.39, 0.29) is 12.8 Å². The maximum Gasteiger partial charge on any atom is 0.308 e. The Labute approximate surface area is 65.4 Å². The zero-order valence-corrected chi connectivity index (χ0v) is 6.41. The monoisotopic (exact) mass is 157 g/mol. The van der Waals surface area contributed by atoms with Crippen LogP contribution in [0.5, 0.6) is 0 Å². The standard InChI is InChI=1S/C7H11NO3/c1-2-11-7(10)5-6(9)3-4-8/h6,9H,2-3,5H2,1H3/t6-/m1/s1. The number of rotatable bonds is 4. The number of esters is 1. The molecule has 0 unspecified atom stereocenters. The first kappa shape index (κ1) is 9.92. The molecule has 1 atom stereocenters. The first-order valence-corrected chi connectivity index (χ1v) is 3.41. The molecule has 0 amide bonds. The molecule has 0 aliphatic rings. The maximum absolute atomic E-state index is 10.6. The number of nitrogens with zero attached hydrogens (tertiary/aromatic N) is 1. The van der Waals surface area contributed by atoms with Crippen LogP contribution < -0.4 is 0 Å². The van der Waals surface area contributed by atoms with Gasteiger partial charge in [-0.3, -0.25) is 4.79 Å². The lowest BCUT2D eigenvalue weighted by Crippen LogP contribution is -2.14. The van der Waals surface area contributed by atoms with Gasteiger partial charge in [0.2, 0.25) is 0 Å². The van der Waals surface area contributed by atoms with E-state index in [1.807, 2.05) is 0 Å². The molecule has 4 heteroatoms. The minimum Gasteiger partial charge on any atom is -0.466 e. The van der Waals surface area contributed by atoms with Crippen LogP contribution in [0.25, 0.3) is 0 Å². The van der Waals surface area contributed by atoms with Crippen molar-refractivity contribution in [3.05, 3.63) is 0 Å². The summed E-state index contributed by atoms with van der Waals surface area (Å²) in [5, 5.41) is 17.0. The van der Waals surface area contributed by atoms with Gasteiger partial charge in [-0.25, -0.2) is 0 Å². The average molecular weight is 157 g/mol. The summed E-state index contributed by atoms with van der Waals surface area (Å²) < 4.78 is 4.55. The molecule has 0 spiro atoms. The fourth-order valence-electron chi connectivity index (χ4n) is 0.590. The van der Waals surface area contributed by atoms with Gasteiger partial charge in [0, 0.05) is 0 Å². The average Bonchev–Trinajstić information content (AvgIpc) is 1.87. The molecule has 0 fully saturated rings. The molecule has 0 saturated carbocycles. The van der Waals surface area contributed by atoms with Crippen LogP contribution in [0.1, 0.15) is 19.8 Å². The highest BCUT2D eigenvalue weighted by Crippen LogP contribution is 1.97. The van der Waals surface area contributed by atoms with Gasteiger partial charge in [-0.1, -0.05) is 0 Å². The number of ether oxygens (including phenoxy) is 1. The van der Waals surface area contributed by atoms with Crippen molar-refractivity contribution in [2.24, 2.45) is 0 Å². The van der Waals surface area contributed by atoms with Crippen LogP contribution in [0.15, 0.2) is 0 Å². The second-order valence-corrected chi connectivity index (χ2v) is 2.03. The number of hydrogen-bond acceptors (Lipinski definition) is 4. The number of carbonyl (C=O) groups is 1. The smallest absolute Gasteiger partial charge is 0.308 e. The Morgan fingerprint density at radius 2 is 2.45 bits per heavy atom. The number of carbonyl (C=O) groups excluding carboxylic acids is 1. The van der Waals surface area contributed by atoms with Crippen molar-refractivity contribution >= 4 is 5.97 Å². The molecule has 0 heterocycles. The Balaban J connectivity index is 3.50. The molecule has 0 rings (SSSR count). The summed E-state index contributed by atoms with van der Waals surface area (Å²) in [5.41, 5.74) is 0. The molecule has 0 saturated heterocycles. The fraction of sp³-hybridized carbons (Fsp3) is 0.714. The third-order valence-electron chi connectivity index (χ3n) is 1.03. The van der Waals surface area contributed by atoms with E-state index in [1.54, 1.807) is 13.0 Å². The Morgan fingerprint density at radius 3 is 2.91 bits per heavy atom. The summed E-state index contributed by atoms with van der Waals surface area (Å²) in [6.45, 7) is 1.99. The molecule has 0 aromatic carbocycles. The van der Waals surface area contributed by atoms with Gasteiger partial charge in [0.05, 0.1) is 31.6 Å². The minimum atomic E-state index is -0.890. The molecule has 0 aliphatic carbocycles. The van der Waals surface area contributed by atoms with E-state index in [4.69, 9.17) is 10.4 Å². The quantitative estimate of drug-likeness (QED) is 0.592. The Bertz CT molecular complexity index is 162. The largest absolute Gasteiger partial charge is 0.466 e. The Morgan fingerprint density at radius 1 is 1.82 bits per heavy atom. The summed E-state index contributed by atoms with van der Waals surface area (Å²) >= 11 is 0. The van der Waals surface area contributed by atoms with E-state index < -0.39 is 12.1 Å². The summed E-state index contributed by atoms with van der Waals surface area (Å²) in [6, 6.07) is 1.76. The van der Waals surface area contributed by atoms with Crippen LogP contribution in [-0.4, -0.2) is 23.8 Å². The van der Waals surface area contributed by atoms with Gasteiger partial charge in [0.15, 0.2) is 0 Å². The van der Waals surface area contributed by atoms with Crippen LogP contribution >= 0.6 is 0 Å². The van der Waals surface area contributed by atoms with E-state index in [9.17, 15) is 4.79 Å². The number of hydrogen-bond donors (Lipinski definition) is 1. The lowest BCUT2D eigenvalue weighted by Gasteiger charge is -2.04. The number of aliphatic hydroxyl groups excluding tert-OH is 1. The third-order valence-corrected chi connectivity index (χ3v) is 1.03. The van der Waals surface area contributed by atoms with Gasteiger partial charge in [0.1, 0.15) is 0 Å². The van der Waals surface area contributed by atoms with E-state index in [1.165, 1.54) is 0 Å². The van der Waals surface area contributed by atoms with Gasteiger partial charge >= 0.3 is 5.97 Å². The topological polar surface area (TPSA) is 70.3 Å². The molecule has 0 aromatic heterocycles. The van der Waals surface area contributed by atoms with Gasteiger partial charge < -0.3 is 9.84 Å². The first-order valence-electron chi connectivity index (χ1n) is 3.41. The Kier molecular flexibility index (Phi) is 5.13. The van der Waals surface area contributed by atoms with Crippen molar-refractivity contribution in [3.8, 4) is 6.07 Å². The van der Waals surface area contributed by atoms with Crippen LogP contribution in [0, 0.1) is 11.3 Å².